The van der Waals surface area contributed by atoms with Crippen molar-refractivity contribution in [1.82, 2.24) is 0 Å². The maximum absolute atomic E-state index is 12.6. The van der Waals surface area contributed by atoms with Gasteiger partial charge in [-0.15, -0.1) is 0 Å². The molecule has 2 aromatic carbocycles. The molecule has 0 spiro atoms. The molecule has 0 saturated heterocycles. The maximum Gasteiger partial charge on any atom is 0.291 e. The van der Waals surface area contributed by atoms with Gasteiger partial charge in [-0.25, -0.2) is 0 Å². The predicted octanol–water partition coefficient (Wildman–Crippen LogP) is 4.38. The van der Waals surface area contributed by atoms with E-state index in [4.69, 9.17) is 4.42 Å². The Balaban J connectivity index is 1.63. The molecule has 0 atom stereocenters. The van der Waals surface area contributed by atoms with Crippen molar-refractivity contribution in [2.24, 2.45) is 0 Å². The van der Waals surface area contributed by atoms with Crippen molar-refractivity contribution < 1.29 is 9.21 Å². The van der Waals surface area contributed by atoms with Crippen LogP contribution < -0.4 is 10.2 Å². The second-order valence-electron chi connectivity index (χ2n) is 6.18. The first-order valence-electron chi connectivity index (χ1n) is 8.34. The van der Waals surface area contributed by atoms with E-state index in [0.29, 0.717) is 5.76 Å². The van der Waals surface area contributed by atoms with Crippen molar-refractivity contribution in [1.29, 1.82) is 0 Å². The van der Waals surface area contributed by atoms with Crippen molar-refractivity contribution in [3.63, 3.8) is 0 Å². The zero-order chi connectivity index (χ0) is 16.7. The van der Waals surface area contributed by atoms with Gasteiger partial charge in [0.2, 0.25) is 0 Å². The number of carbonyl (C=O) groups is 1. The number of benzene rings is 2. The van der Waals surface area contributed by atoms with Crippen LogP contribution in [0.15, 0.2) is 46.9 Å². The molecule has 122 valence electrons. The highest BCUT2D eigenvalue weighted by molar-refractivity contribution is 6.06. The number of furan rings is 1. The monoisotopic (exact) mass is 320 g/mol. The molecule has 2 heterocycles. The van der Waals surface area contributed by atoms with Gasteiger partial charge >= 0.3 is 0 Å². The second kappa shape index (κ2) is 5.71. The number of nitrogens with zero attached hydrogens (tertiary/aromatic N) is 1. The molecule has 1 aromatic heterocycles. The van der Waals surface area contributed by atoms with Gasteiger partial charge in [0, 0.05) is 35.4 Å². The number of anilines is 2. The summed E-state index contributed by atoms with van der Waals surface area (Å²) in [7, 11) is 0. The standard InChI is InChI=1S/C20H20N2O2/c1-3-22-11-10-14-8-9-15(12-17(14)22)21-20(23)19-13(2)16-6-4-5-7-18(16)24-19/h4-9,12H,3,10-11H2,1-2H3,(H,21,23). The topological polar surface area (TPSA) is 45.5 Å². The first-order chi connectivity index (χ1) is 11.7. The Morgan fingerprint density at radius 3 is 2.88 bits per heavy atom. The number of aryl methyl sites for hydroxylation is 1. The number of hydrogen-bond acceptors (Lipinski definition) is 3. The molecule has 1 amide bonds. The molecule has 3 aromatic rings. The number of amides is 1. The molecule has 4 rings (SSSR count). The van der Waals surface area contributed by atoms with Crippen molar-refractivity contribution >= 4 is 28.3 Å². The minimum absolute atomic E-state index is 0.204. The summed E-state index contributed by atoms with van der Waals surface area (Å²) in [5.41, 5.74) is 4.98. The average Bonchev–Trinajstić information content (AvgIpc) is 3.16. The molecule has 4 heteroatoms. The van der Waals surface area contributed by atoms with Crippen LogP contribution >= 0.6 is 0 Å². The second-order valence-corrected chi connectivity index (χ2v) is 6.18. The number of rotatable bonds is 3. The molecule has 0 radical (unpaired) electrons. The van der Waals surface area contributed by atoms with E-state index in [0.717, 1.165) is 41.7 Å². The fourth-order valence-electron chi connectivity index (χ4n) is 3.43. The Morgan fingerprint density at radius 2 is 2.08 bits per heavy atom. The molecular weight excluding hydrogens is 300 g/mol. The summed E-state index contributed by atoms with van der Waals surface area (Å²) in [6.07, 6.45) is 1.07. The fraction of sp³-hybridized carbons (Fsp3) is 0.250. The van der Waals surface area contributed by atoms with Gasteiger partial charge < -0.3 is 14.6 Å². The summed E-state index contributed by atoms with van der Waals surface area (Å²) >= 11 is 0. The first-order valence-corrected chi connectivity index (χ1v) is 8.34. The zero-order valence-electron chi connectivity index (χ0n) is 13.9. The molecule has 1 aliphatic heterocycles. The first kappa shape index (κ1) is 14.8. The van der Waals surface area contributed by atoms with Gasteiger partial charge in [0.25, 0.3) is 5.91 Å². The summed E-state index contributed by atoms with van der Waals surface area (Å²) in [5, 5.41) is 3.96. The molecule has 0 fully saturated rings. The minimum atomic E-state index is -0.204. The predicted molar refractivity (Wildman–Crippen MR) is 96.9 cm³/mol. The quantitative estimate of drug-likeness (QED) is 0.779. The van der Waals surface area contributed by atoms with Crippen LogP contribution in [-0.2, 0) is 6.42 Å². The van der Waals surface area contributed by atoms with E-state index in [2.05, 4.69) is 29.3 Å². The molecule has 0 aliphatic carbocycles. The van der Waals surface area contributed by atoms with E-state index < -0.39 is 0 Å². The molecular formula is C20H20N2O2. The minimum Gasteiger partial charge on any atom is -0.451 e. The van der Waals surface area contributed by atoms with Crippen LogP contribution in [0.1, 0.15) is 28.6 Å². The lowest BCUT2D eigenvalue weighted by Gasteiger charge is -2.17. The molecule has 4 nitrogen and oxygen atoms in total. The highest BCUT2D eigenvalue weighted by Gasteiger charge is 2.20. The van der Waals surface area contributed by atoms with Gasteiger partial charge in [-0.1, -0.05) is 24.3 Å². The van der Waals surface area contributed by atoms with Gasteiger partial charge in [-0.2, -0.15) is 0 Å². The van der Waals surface area contributed by atoms with E-state index in [1.54, 1.807) is 0 Å². The normalized spacial score (nSPS) is 13.3. The lowest BCUT2D eigenvalue weighted by molar-refractivity contribution is 0.0998. The molecule has 1 N–H and O–H groups in total. The van der Waals surface area contributed by atoms with E-state index >= 15 is 0 Å². The van der Waals surface area contributed by atoms with Gasteiger partial charge in [0.15, 0.2) is 5.76 Å². The summed E-state index contributed by atoms with van der Waals surface area (Å²) in [4.78, 5) is 15.0. The molecule has 0 bridgehead atoms. The molecule has 0 unspecified atom stereocenters. The van der Waals surface area contributed by atoms with Crippen molar-refractivity contribution in [3.05, 3.63) is 59.4 Å². The number of carbonyl (C=O) groups excluding carboxylic acids is 1. The van der Waals surface area contributed by atoms with Gasteiger partial charge in [0.1, 0.15) is 5.58 Å². The zero-order valence-corrected chi connectivity index (χ0v) is 13.9. The van der Waals surface area contributed by atoms with Crippen LogP contribution in [0.25, 0.3) is 11.0 Å². The van der Waals surface area contributed by atoms with Crippen molar-refractivity contribution in [3.8, 4) is 0 Å². The number of fused-ring (bicyclic) bond motifs is 2. The van der Waals surface area contributed by atoms with Crippen molar-refractivity contribution in [2.45, 2.75) is 20.3 Å². The number of likely N-dealkylation sites (N-methyl/N-ethyl adjacent to an activating group) is 1. The van der Waals surface area contributed by atoms with E-state index in [1.165, 1.54) is 11.3 Å². The van der Waals surface area contributed by atoms with Crippen LogP contribution in [0.4, 0.5) is 11.4 Å². The number of para-hydroxylation sites is 1. The Hall–Kier alpha value is -2.75. The lowest BCUT2D eigenvalue weighted by Crippen LogP contribution is -2.19. The van der Waals surface area contributed by atoms with E-state index in [9.17, 15) is 4.79 Å². The smallest absolute Gasteiger partial charge is 0.291 e. The van der Waals surface area contributed by atoms with Gasteiger partial charge in [-0.3, -0.25) is 4.79 Å². The van der Waals surface area contributed by atoms with Crippen molar-refractivity contribution in [2.75, 3.05) is 23.3 Å². The van der Waals surface area contributed by atoms with E-state index in [-0.39, 0.29) is 5.91 Å². The molecule has 0 saturated carbocycles. The molecule has 1 aliphatic rings. The summed E-state index contributed by atoms with van der Waals surface area (Å²) in [6, 6.07) is 13.8. The lowest BCUT2D eigenvalue weighted by atomic mass is 10.1. The van der Waals surface area contributed by atoms with Crippen LogP contribution in [-0.4, -0.2) is 19.0 Å². The highest BCUT2D eigenvalue weighted by atomic mass is 16.3. The SMILES string of the molecule is CCN1CCc2ccc(NC(=O)c3oc4ccccc4c3C)cc21. The Bertz CT molecular complexity index is 927. The third-order valence-corrected chi connectivity index (χ3v) is 4.77. The molecule has 24 heavy (non-hydrogen) atoms. The third-order valence-electron chi connectivity index (χ3n) is 4.77. The Labute approximate surface area is 141 Å². The Morgan fingerprint density at radius 1 is 1.25 bits per heavy atom. The number of nitrogens with one attached hydrogen (secondary N) is 1. The van der Waals surface area contributed by atoms with Gasteiger partial charge in [-0.05, 0) is 44.0 Å². The third kappa shape index (κ3) is 2.35. The maximum atomic E-state index is 12.6. The summed E-state index contributed by atoms with van der Waals surface area (Å²) in [6.45, 7) is 6.10. The van der Waals surface area contributed by atoms with Gasteiger partial charge in [0.05, 0.1) is 0 Å². The van der Waals surface area contributed by atoms with Crippen LogP contribution in [0, 0.1) is 6.92 Å². The highest BCUT2D eigenvalue weighted by Crippen LogP contribution is 2.31. The van der Waals surface area contributed by atoms with E-state index in [1.807, 2.05) is 37.3 Å². The number of hydrogen-bond donors (Lipinski definition) is 1. The van der Waals surface area contributed by atoms with Crippen LogP contribution in [0.3, 0.4) is 0 Å². The largest absolute Gasteiger partial charge is 0.451 e. The summed E-state index contributed by atoms with van der Waals surface area (Å²) < 4.78 is 5.75. The van der Waals surface area contributed by atoms with Crippen LogP contribution in [0.2, 0.25) is 0 Å². The van der Waals surface area contributed by atoms with Crippen LogP contribution in [0.5, 0.6) is 0 Å². The fourth-order valence-corrected chi connectivity index (χ4v) is 3.43. The Kier molecular flexibility index (Phi) is 3.53. The summed E-state index contributed by atoms with van der Waals surface area (Å²) in [5.74, 6) is 0.175. The average molecular weight is 320 g/mol.